The maximum absolute atomic E-state index is 8.73. The third-order valence-electron chi connectivity index (χ3n) is 2.22. The number of rotatable bonds is 3. The maximum Gasteiger partial charge on any atom is 0.138 e. The number of nitrogens with zero attached hydrogens (tertiary/aromatic N) is 2. The first-order chi connectivity index (χ1) is 8.69. The van der Waals surface area contributed by atoms with Crippen molar-refractivity contribution in [2.24, 2.45) is 0 Å². The van der Waals surface area contributed by atoms with Crippen molar-refractivity contribution in [1.82, 2.24) is 4.98 Å². The van der Waals surface area contributed by atoms with Gasteiger partial charge in [-0.25, -0.2) is 0 Å². The summed E-state index contributed by atoms with van der Waals surface area (Å²) in [6.45, 7) is 0.373. The van der Waals surface area contributed by atoms with Crippen LogP contribution in [0.2, 0.25) is 5.02 Å². The van der Waals surface area contributed by atoms with Gasteiger partial charge in [0.1, 0.15) is 12.4 Å². The fourth-order valence-electron chi connectivity index (χ4n) is 1.38. The van der Waals surface area contributed by atoms with Gasteiger partial charge >= 0.3 is 0 Å². The van der Waals surface area contributed by atoms with E-state index < -0.39 is 0 Å². The molecule has 0 fully saturated rings. The largest absolute Gasteiger partial charge is 0.487 e. The van der Waals surface area contributed by atoms with Crippen LogP contribution in [-0.2, 0) is 6.61 Å². The fraction of sp³-hybridized carbons (Fsp3) is 0.0769. The van der Waals surface area contributed by atoms with Gasteiger partial charge in [-0.15, -0.1) is 0 Å². The Bertz CT molecular complexity index is 610. The molecule has 1 aromatic heterocycles. The van der Waals surface area contributed by atoms with E-state index in [0.29, 0.717) is 22.9 Å². The van der Waals surface area contributed by atoms with Crippen molar-refractivity contribution in [3.8, 4) is 11.8 Å². The second-order valence-electron chi connectivity index (χ2n) is 3.56. The van der Waals surface area contributed by atoms with E-state index in [1.165, 1.54) is 0 Å². The predicted octanol–water partition coefficient (Wildman–Crippen LogP) is 3.95. The minimum atomic E-state index is 0.373. The molecule has 0 aliphatic rings. The van der Waals surface area contributed by atoms with Crippen molar-refractivity contribution in [2.45, 2.75) is 6.61 Å². The van der Waals surface area contributed by atoms with Crippen molar-refractivity contribution in [3.05, 3.63) is 57.3 Å². The van der Waals surface area contributed by atoms with Gasteiger partial charge in [-0.2, -0.15) is 5.26 Å². The van der Waals surface area contributed by atoms with Crippen LogP contribution in [0.4, 0.5) is 0 Å². The molecular formula is C13H8BrClN2O. The van der Waals surface area contributed by atoms with Crippen LogP contribution >= 0.6 is 27.5 Å². The number of ether oxygens (including phenoxy) is 1. The second-order valence-corrected chi connectivity index (χ2v) is 4.88. The molecule has 5 heteroatoms. The molecule has 0 aliphatic carbocycles. The number of benzene rings is 1. The number of hydrogen-bond acceptors (Lipinski definition) is 3. The van der Waals surface area contributed by atoms with Crippen LogP contribution in [0.3, 0.4) is 0 Å². The Morgan fingerprint density at radius 3 is 2.83 bits per heavy atom. The van der Waals surface area contributed by atoms with Gasteiger partial charge in [-0.05, 0) is 40.2 Å². The van der Waals surface area contributed by atoms with Crippen LogP contribution in [0.5, 0.6) is 5.75 Å². The van der Waals surface area contributed by atoms with E-state index in [4.69, 9.17) is 21.6 Å². The summed E-state index contributed by atoms with van der Waals surface area (Å²) in [5.74, 6) is 0.552. The van der Waals surface area contributed by atoms with E-state index in [2.05, 4.69) is 20.9 Å². The molecule has 0 amide bonds. The van der Waals surface area contributed by atoms with Crippen molar-refractivity contribution >= 4 is 27.5 Å². The number of aromatic nitrogens is 1. The fourth-order valence-corrected chi connectivity index (χ4v) is 2.03. The Balaban J connectivity index is 2.09. The third-order valence-corrected chi connectivity index (χ3v) is 2.95. The number of halogens is 2. The Morgan fingerprint density at radius 2 is 2.17 bits per heavy atom. The average Bonchev–Trinajstić information content (AvgIpc) is 2.37. The van der Waals surface area contributed by atoms with Gasteiger partial charge in [0.05, 0.1) is 16.7 Å². The standard InChI is InChI=1S/C13H8BrClN2O/c14-11-3-10(6-17-7-11)8-18-13-2-1-9(5-16)4-12(13)15/h1-4,6-7H,8H2. The lowest BCUT2D eigenvalue weighted by molar-refractivity contribution is 0.306. The lowest BCUT2D eigenvalue weighted by atomic mass is 10.2. The molecule has 0 unspecified atom stereocenters. The molecule has 1 heterocycles. The zero-order chi connectivity index (χ0) is 13.0. The highest BCUT2D eigenvalue weighted by Gasteiger charge is 2.04. The normalized spacial score (nSPS) is 9.83. The Hall–Kier alpha value is -1.57. The first kappa shape index (κ1) is 12.9. The van der Waals surface area contributed by atoms with Gasteiger partial charge in [0.15, 0.2) is 0 Å². The molecule has 0 saturated heterocycles. The summed E-state index contributed by atoms with van der Waals surface area (Å²) in [6, 6.07) is 8.87. The molecule has 0 saturated carbocycles. The first-order valence-corrected chi connectivity index (χ1v) is 6.28. The maximum atomic E-state index is 8.73. The smallest absolute Gasteiger partial charge is 0.138 e. The summed E-state index contributed by atoms with van der Waals surface area (Å²) in [5.41, 5.74) is 1.45. The van der Waals surface area contributed by atoms with Crippen LogP contribution in [0.15, 0.2) is 41.1 Å². The van der Waals surface area contributed by atoms with Gasteiger partial charge in [-0.1, -0.05) is 11.6 Å². The summed E-state index contributed by atoms with van der Waals surface area (Å²) in [7, 11) is 0. The molecule has 1 aromatic carbocycles. The van der Waals surface area contributed by atoms with Gasteiger partial charge in [0.25, 0.3) is 0 Å². The van der Waals surface area contributed by atoms with Gasteiger partial charge in [0.2, 0.25) is 0 Å². The Morgan fingerprint density at radius 1 is 1.33 bits per heavy atom. The van der Waals surface area contributed by atoms with E-state index in [-0.39, 0.29) is 0 Å². The first-order valence-electron chi connectivity index (χ1n) is 5.11. The predicted molar refractivity (Wildman–Crippen MR) is 72.4 cm³/mol. The summed E-state index contributed by atoms with van der Waals surface area (Å²) in [6.07, 6.45) is 3.43. The molecule has 0 radical (unpaired) electrons. The van der Waals surface area contributed by atoms with Gasteiger partial charge in [-0.3, -0.25) is 4.98 Å². The monoisotopic (exact) mass is 322 g/mol. The molecule has 0 spiro atoms. The third kappa shape index (κ3) is 3.22. The highest BCUT2D eigenvalue weighted by atomic mass is 79.9. The summed E-state index contributed by atoms with van der Waals surface area (Å²) in [5, 5.41) is 9.16. The Kier molecular flexibility index (Phi) is 4.19. The SMILES string of the molecule is N#Cc1ccc(OCc2cncc(Br)c2)c(Cl)c1. The van der Waals surface area contributed by atoms with Crippen molar-refractivity contribution in [3.63, 3.8) is 0 Å². The van der Waals surface area contributed by atoms with Crippen molar-refractivity contribution in [1.29, 1.82) is 5.26 Å². The van der Waals surface area contributed by atoms with Crippen LogP contribution in [0, 0.1) is 11.3 Å². The lowest BCUT2D eigenvalue weighted by Crippen LogP contribution is -1.96. The molecule has 0 bridgehead atoms. The number of nitriles is 1. The van der Waals surface area contributed by atoms with Crippen LogP contribution in [0.1, 0.15) is 11.1 Å². The molecule has 0 N–H and O–H groups in total. The Labute approximate surface area is 118 Å². The molecule has 2 aromatic rings. The molecule has 90 valence electrons. The summed E-state index contributed by atoms with van der Waals surface area (Å²) in [4.78, 5) is 4.04. The number of hydrogen-bond donors (Lipinski definition) is 0. The second kappa shape index (κ2) is 5.85. The quantitative estimate of drug-likeness (QED) is 0.859. The average molecular weight is 324 g/mol. The van der Waals surface area contributed by atoms with Crippen molar-refractivity contribution in [2.75, 3.05) is 0 Å². The molecule has 2 rings (SSSR count). The minimum absolute atomic E-state index is 0.373. The number of pyridine rings is 1. The molecule has 3 nitrogen and oxygen atoms in total. The molecule has 0 atom stereocenters. The zero-order valence-corrected chi connectivity index (χ0v) is 11.6. The van der Waals surface area contributed by atoms with Crippen LogP contribution in [0.25, 0.3) is 0 Å². The molecule has 18 heavy (non-hydrogen) atoms. The molecule has 0 aliphatic heterocycles. The van der Waals surface area contributed by atoms with E-state index in [0.717, 1.165) is 10.0 Å². The minimum Gasteiger partial charge on any atom is -0.487 e. The van der Waals surface area contributed by atoms with Crippen LogP contribution in [-0.4, -0.2) is 4.98 Å². The highest BCUT2D eigenvalue weighted by molar-refractivity contribution is 9.10. The van der Waals surface area contributed by atoms with E-state index in [9.17, 15) is 0 Å². The van der Waals surface area contributed by atoms with Gasteiger partial charge in [0, 0.05) is 22.4 Å². The van der Waals surface area contributed by atoms with E-state index >= 15 is 0 Å². The highest BCUT2D eigenvalue weighted by Crippen LogP contribution is 2.26. The van der Waals surface area contributed by atoms with Crippen molar-refractivity contribution < 1.29 is 4.74 Å². The summed E-state index contributed by atoms with van der Waals surface area (Å²) >= 11 is 9.35. The van der Waals surface area contributed by atoms with E-state index in [1.807, 2.05) is 12.1 Å². The topological polar surface area (TPSA) is 45.9 Å². The van der Waals surface area contributed by atoms with Crippen LogP contribution < -0.4 is 4.74 Å². The van der Waals surface area contributed by atoms with Gasteiger partial charge < -0.3 is 4.74 Å². The summed E-state index contributed by atoms with van der Waals surface area (Å²) < 4.78 is 6.47. The van der Waals surface area contributed by atoms with E-state index in [1.54, 1.807) is 30.6 Å². The molecular weight excluding hydrogens is 316 g/mol. The zero-order valence-electron chi connectivity index (χ0n) is 9.23. The lowest BCUT2D eigenvalue weighted by Gasteiger charge is -2.08.